The molecule has 4 heteroatoms. The number of carboxylic acid groups (broad SMARTS) is 1. The van der Waals surface area contributed by atoms with Gasteiger partial charge in [-0.1, -0.05) is 6.92 Å². The zero-order valence-electron chi connectivity index (χ0n) is 10.5. The van der Waals surface area contributed by atoms with E-state index in [0.717, 1.165) is 17.4 Å². The molecule has 1 fully saturated rings. The van der Waals surface area contributed by atoms with Crippen LogP contribution in [0.3, 0.4) is 0 Å². The highest BCUT2D eigenvalue weighted by Crippen LogP contribution is 2.47. The number of rotatable bonds is 5. The lowest BCUT2D eigenvalue weighted by atomic mass is 10.2. The van der Waals surface area contributed by atoms with Crippen molar-refractivity contribution >= 4 is 5.97 Å². The first-order valence-corrected chi connectivity index (χ1v) is 6.00. The molecule has 0 aromatic carbocycles. The molecule has 17 heavy (non-hydrogen) atoms. The molecule has 1 heterocycles. The lowest BCUT2D eigenvalue weighted by Crippen LogP contribution is -2.35. The van der Waals surface area contributed by atoms with Crippen LogP contribution in [0.2, 0.25) is 0 Å². The maximum absolute atomic E-state index is 10.8. The summed E-state index contributed by atoms with van der Waals surface area (Å²) in [6.45, 7) is 4.43. The zero-order valence-corrected chi connectivity index (χ0v) is 10.5. The van der Waals surface area contributed by atoms with Gasteiger partial charge in [-0.15, -0.1) is 0 Å². The fourth-order valence-electron chi connectivity index (χ4n) is 1.97. The van der Waals surface area contributed by atoms with Gasteiger partial charge in [0.25, 0.3) is 0 Å². The summed E-state index contributed by atoms with van der Waals surface area (Å²) in [6.07, 6.45) is 1.20. The van der Waals surface area contributed by atoms with Crippen molar-refractivity contribution in [3.63, 3.8) is 0 Å². The van der Waals surface area contributed by atoms with Crippen molar-refractivity contribution in [2.75, 3.05) is 7.05 Å². The standard InChI is InChI=1S/C13H19NO3/c1-8-6-11(8)12-5-4-10(17-12)7-14(3)9(2)13(15)16/h4-5,8-9,11H,6-7H2,1-3H3,(H,15,16). The van der Waals surface area contributed by atoms with Gasteiger partial charge in [-0.3, -0.25) is 9.69 Å². The van der Waals surface area contributed by atoms with Crippen molar-refractivity contribution in [2.45, 2.75) is 38.8 Å². The van der Waals surface area contributed by atoms with Gasteiger partial charge in [-0.25, -0.2) is 0 Å². The normalized spacial score (nSPS) is 24.9. The second-order valence-corrected chi connectivity index (χ2v) is 5.05. The minimum Gasteiger partial charge on any atom is -0.480 e. The van der Waals surface area contributed by atoms with Crippen molar-refractivity contribution in [1.82, 2.24) is 4.90 Å². The van der Waals surface area contributed by atoms with Gasteiger partial charge in [0.15, 0.2) is 0 Å². The summed E-state index contributed by atoms with van der Waals surface area (Å²) in [7, 11) is 1.79. The second kappa shape index (κ2) is 4.53. The Hall–Kier alpha value is -1.29. The Labute approximate surface area is 101 Å². The molecule has 1 aromatic heterocycles. The second-order valence-electron chi connectivity index (χ2n) is 5.05. The molecule has 0 aliphatic heterocycles. The summed E-state index contributed by atoms with van der Waals surface area (Å²) in [6, 6.07) is 3.47. The molecule has 0 radical (unpaired) electrons. The van der Waals surface area contributed by atoms with E-state index >= 15 is 0 Å². The maximum Gasteiger partial charge on any atom is 0.320 e. The van der Waals surface area contributed by atoms with Gasteiger partial charge >= 0.3 is 5.97 Å². The minimum absolute atomic E-state index is 0.497. The number of hydrogen-bond acceptors (Lipinski definition) is 3. The van der Waals surface area contributed by atoms with Crippen LogP contribution in [0, 0.1) is 5.92 Å². The minimum atomic E-state index is -0.810. The van der Waals surface area contributed by atoms with Crippen molar-refractivity contribution in [3.05, 3.63) is 23.7 Å². The van der Waals surface area contributed by atoms with Crippen molar-refractivity contribution in [2.24, 2.45) is 5.92 Å². The lowest BCUT2D eigenvalue weighted by Gasteiger charge is -2.19. The van der Waals surface area contributed by atoms with Crippen molar-refractivity contribution < 1.29 is 14.3 Å². The van der Waals surface area contributed by atoms with Crippen molar-refractivity contribution in [1.29, 1.82) is 0 Å². The monoisotopic (exact) mass is 237 g/mol. The largest absolute Gasteiger partial charge is 0.480 e. The highest BCUT2D eigenvalue weighted by atomic mass is 16.4. The van der Waals surface area contributed by atoms with Gasteiger partial charge in [0.1, 0.15) is 17.6 Å². The Morgan fingerprint density at radius 1 is 1.65 bits per heavy atom. The number of likely N-dealkylation sites (N-methyl/N-ethyl adjacent to an activating group) is 1. The number of aliphatic carboxylic acids is 1. The Balaban J connectivity index is 1.94. The first-order chi connectivity index (χ1) is 7.99. The SMILES string of the molecule is CC1CC1c1ccc(CN(C)C(C)C(=O)O)o1. The molecule has 1 aliphatic carbocycles. The van der Waals surface area contributed by atoms with E-state index in [0.29, 0.717) is 12.5 Å². The molecule has 1 N–H and O–H groups in total. The molecule has 94 valence electrons. The summed E-state index contributed by atoms with van der Waals surface area (Å²) in [4.78, 5) is 12.6. The van der Waals surface area contributed by atoms with E-state index in [4.69, 9.17) is 9.52 Å². The van der Waals surface area contributed by atoms with Gasteiger partial charge in [0.05, 0.1) is 6.54 Å². The molecule has 0 bridgehead atoms. The lowest BCUT2D eigenvalue weighted by molar-refractivity contribution is -0.142. The smallest absolute Gasteiger partial charge is 0.320 e. The van der Waals surface area contributed by atoms with E-state index in [9.17, 15) is 4.79 Å². The number of carboxylic acids is 1. The quantitative estimate of drug-likeness (QED) is 0.853. The third kappa shape index (κ3) is 2.69. The molecule has 4 nitrogen and oxygen atoms in total. The molecule has 0 saturated heterocycles. The van der Waals surface area contributed by atoms with E-state index < -0.39 is 12.0 Å². The fraction of sp³-hybridized carbons (Fsp3) is 0.615. The van der Waals surface area contributed by atoms with Crippen LogP contribution < -0.4 is 0 Å². The van der Waals surface area contributed by atoms with E-state index in [-0.39, 0.29) is 0 Å². The molecule has 1 saturated carbocycles. The molecule has 2 rings (SSSR count). The van der Waals surface area contributed by atoms with E-state index in [1.165, 1.54) is 6.42 Å². The molecule has 0 amide bonds. The first kappa shape index (κ1) is 12.2. The summed E-state index contributed by atoms with van der Waals surface area (Å²) in [5.74, 6) is 2.38. The Morgan fingerprint density at radius 3 is 2.82 bits per heavy atom. The molecule has 3 atom stereocenters. The number of hydrogen-bond donors (Lipinski definition) is 1. The topological polar surface area (TPSA) is 53.7 Å². The van der Waals surface area contributed by atoms with Crippen LogP contribution >= 0.6 is 0 Å². The molecular weight excluding hydrogens is 218 g/mol. The molecule has 0 spiro atoms. The highest BCUT2D eigenvalue weighted by molar-refractivity contribution is 5.72. The van der Waals surface area contributed by atoms with Gasteiger partial charge in [0, 0.05) is 5.92 Å². The molecule has 3 unspecified atom stereocenters. The van der Waals surface area contributed by atoms with Gasteiger partial charge in [-0.05, 0) is 38.4 Å². The number of carbonyl (C=O) groups is 1. The van der Waals surface area contributed by atoms with Crippen LogP contribution in [0.15, 0.2) is 16.5 Å². The van der Waals surface area contributed by atoms with Crippen LogP contribution in [0.25, 0.3) is 0 Å². The van der Waals surface area contributed by atoms with Crippen LogP contribution in [0.5, 0.6) is 0 Å². The molecule has 1 aliphatic rings. The summed E-state index contributed by atoms with van der Waals surface area (Å²) < 4.78 is 5.74. The average Bonchev–Trinajstić information content (AvgIpc) is 2.82. The molecule has 1 aromatic rings. The summed E-state index contributed by atoms with van der Waals surface area (Å²) in [5.41, 5.74) is 0. The zero-order chi connectivity index (χ0) is 12.6. The Bertz CT molecular complexity index is 413. The first-order valence-electron chi connectivity index (χ1n) is 6.00. The average molecular weight is 237 g/mol. The highest BCUT2D eigenvalue weighted by Gasteiger charge is 2.36. The van der Waals surface area contributed by atoms with Crippen molar-refractivity contribution in [3.8, 4) is 0 Å². The van der Waals surface area contributed by atoms with Crippen LogP contribution in [-0.2, 0) is 11.3 Å². The van der Waals surface area contributed by atoms with Gasteiger partial charge in [-0.2, -0.15) is 0 Å². The Kier molecular flexibility index (Phi) is 3.24. The predicted octanol–water partition coefficient (Wildman–Crippen LogP) is 2.31. The molecular formula is C13H19NO3. The third-order valence-electron chi connectivity index (χ3n) is 3.58. The fourth-order valence-corrected chi connectivity index (χ4v) is 1.97. The van der Waals surface area contributed by atoms with Gasteiger partial charge in [0.2, 0.25) is 0 Å². The summed E-state index contributed by atoms with van der Waals surface area (Å²) in [5, 5.41) is 8.90. The third-order valence-corrected chi connectivity index (χ3v) is 3.58. The van der Waals surface area contributed by atoms with Crippen LogP contribution in [0.4, 0.5) is 0 Å². The number of furan rings is 1. The predicted molar refractivity (Wildman–Crippen MR) is 63.8 cm³/mol. The van der Waals surface area contributed by atoms with E-state index in [1.54, 1.807) is 18.9 Å². The van der Waals surface area contributed by atoms with E-state index in [2.05, 4.69) is 6.92 Å². The van der Waals surface area contributed by atoms with E-state index in [1.807, 2.05) is 12.1 Å². The summed E-state index contributed by atoms with van der Waals surface area (Å²) >= 11 is 0. The van der Waals surface area contributed by atoms with Gasteiger partial charge < -0.3 is 9.52 Å². The maximum atomic E-state index is 10.8. The van der Waals surface area contributed by atoms with Crippen LogP contribution in [0.1, 0.15) is 37.7 Å². The number of nitrogens with zero attached hydrogens (tertiary/aromatic N) is 1. The van der Waals surface area contributed by atoms with Crippen LogP contribution in [-0.4, -0.2) is 29.1 Å². The Morgan fingerprint density at radius 2 is 2.29 bits per heavy atom.